The molecule has 0 radical (unpaired) electrons. The van der Waals surface area contributed by atoms with Crippen molar-refractivity contribution < 1.29 is 19.2 Å². The SMILES string of the molecule is COC(=O)N[C@H](C(=O)N1OC2(CCC2)C[C@H]1c1ncc(-c2ccc(Br)cc2)[nH]1)C(C)C. The highest BCUT2D eigenvalue weighted by molar-refractivity contribution is 9.10. The number of hydroxylamine groups is 2. The van der Waals surface area contributed by atoms with Crippen LogP contribution in [-0.2, 0) is 14.4 Å². The topological polar surface area (TPSA) is 96.6 Å². The number of imidazole rings is 1. The minimum atomic E-state index is -0.758. The van der Waals surface area contributed by atoms with E-state index in [4.69, 9.17) is 9.57 Å². The number of ether oxygens (including phenoxy) is 1. The normalized spacial score (nSPS) is 20.5. The maximum absolute atomic E-state index is 13.4. The molecule has 31 heavy (non-hydrogen) atoms. The second-order valence-electron chi connectivity index (χ2n) is 8.56. The van der Waals surface area contributed by atoms with E-state index in [1.165, 1.54) is 12.2 Å². The fourth-order valence-electron chi connectivity index (χ4n) is 4.14. The zero-order valence-corrected chi connectivity index (χ0v) is 19.4. The molecule has 2 heterocycles. The van der Waals surface area contributed by atoms with Crippen molar-refractivity contribution in [2.75, 3.05) is 7.11 Å². The van der Waals surface area contributed by atoms with Gasteiger partial charge in [0.05, 0.1) is 24.6 Å². The Balaban J connectivity index is 1.61. The van der Waals surface area contributed by atoms with Crippen LogP contribution in [-0.4, -0.2) is 45.8 Å². The molecular formula is C22H27BrN4O4. The average Bonchev–Trinajstić information content (AvgIpc) is 3.36. The van der Waals surface area contributed by atoms with Crippen molar-refractivity contribution in [2.24, 2.45) is 5.92 Å². The molecule has 9 heteroatoms. The van der Waals surface area contributed by atoms with Gasteiger partial charge >= 0.3 is 6.09 Å². The highest BCUT2D eigenvalue weighted by Crippen LogP contribution is 2.50. The predicted octanol–water partition coefficient (Wildman–Crippen LogP) is 4.35. The van der Waals surface area contributed by atoms with Gasteiger partial charge in [-0.2, -0.15) is 0 Å². The zero-order valence-electron chi connectivity index (χ0n) is 17.9. The lowest BCUT2D eigenvalue weighted by Crippen LogP contribution is -2.51. The molecule has 1 saturated carbocycles. The second-order valence-corrected chi connectivity index (χ2v) is 9.47. The van der Waals surface area contributed by atoms with Gasteiger partial charge in [0.25, 0.3) is 5.91 Å². The summed E-state index contributed by atoms with van der Waals surface area (Å²) in [7, 11) is 1.28. The summed E-state index contributed by atoms with van der Waals surface area (Å²) in [5, 5.41) is 4.07. The highest BCUT2D eigenvalue weighted by Gasteiger charge is 2.53. The number of benzene rings is 1. The molecule has 1 aromatic heterocycles. The molecule has 1 aromatic carbocycles. The third kappa shape index (κ3) is 4.34. The van der Waals surface area contributed by atoms with E-state index in [-0.39, 0.29) is 23.5 Å². The first kappa shape index (κ1) is 21.8. The summed E-state index contributed by atoms with van der Waals surface area (Å²) in [6.07, 6.45) is 4.70. The average molecular weight is 491 g/mol. The third-order valence-electron chi connectivity index (χ3n) is 6.08. The van der Waals surface area contributed by atoms with E-state index in [9.17, 15) is 9.59 Å². The molecule has 166 valence electrons. The van der Waals surface area contributed by atoms with Gasteiger partial charge in [-0.3, -0.25) is 9.63 Å². The minimum absolute atomic E-state index is 0.135. The lowest BCUT2D eigenvalue weighted by molar-refractivity contribution is -0.230. The van der Waals surface area contributed by atoms with E-state index in [0.29, 0.717) is 12.2 Å². The predicted molar refractivity (Wildman–Crippen MR) is 118 cm³/mol. The number of amides is 2. The number of halogens is 1. The fraction of sp³-hybridized carbons (Fsp3) is 0.500. The van der Waals surface area contributed by atoms with E-state index in [0.717, 1.165) is 35.0 Å². The number of methoxy groups -OCH3 is 1. The third-order valence-corrected chi connectivity index (χ3v) is 6.61. The minimum Gasteiger partial charge on any atom is -0.453 e. The van der Waals surface area contributed by atoms with Crippen molar-refractivity contribution in [1.29, 1.82) is 0 Å². The van der Waals surface area contributed by atoms with Crippen LogP contribution in [0.5, 0.6) is 0 Å². The summed E-state index contributed by atoms with van der Waals surface area (Å²) >= 11 is 3.45. The zero-order chi connectivity index (χ0) is 22.2. The van der Waals surface area contributed by atoms with Crippen molar-refractivity contribution in [3.63, 3.8) is 0 Å². The number of carbonyl (C=O) groups excluding carboxylic acids is 2. The van der Waals surface area contributed by atoms with E-state index >= 15 is 0 Å². The summed E-state index contributed by atoms with van der Waals surface area (Å²) in [4.78, 5) is 39.4. The van der Waals surface area contributed by atoms with Crippen LogP contribution in [0.25, 0.3) is 11.3 Å². The number of hydrogen-bond acceptors (Lipinski definition) is 5. The molecule has 0 bridgehead atoms. The Morgan fingerprint density at radius 3 is 2.61 bits per heavy atom. The molecular weight excluding hydrogens is 464 g/mol. The molecule has 2 fully saturated rings. The number of alkyl carbamates (subject to hydrolysis) is 1. The second kappa shape index (κ2) is 8.63. The van der Waals surface area contributed by atoms with Crippen molar-refractivity contribution in [3.05, 3.63) is 40.8 Å². The van der Waals surface area contributed by atoms with Gasteiger partial charge in [-0.1, -0.05) is 41.9 Å². The van der Waals surface area contributed by atoms with Crippen LogP contribution in [0.15, 0.2) is 34.9 Å². The van der Waals surface area contributed by atoms with Gasteiger partial charge in [0.15, 0.2) is 0 Å². The van der Waals surface area contributed by atoms with Gasteiger partial charge in [-0.25, -0.2) is 14.8 Å². The molecule has 8 nitrogen and oxygen atoms in total. The Kier molecular flexibility index (Phi) is 6.07. The van der Waals surface area contributed by atoms with Gasteiger partial charge in [0.1, 0.15) is 17.9 Å². The first-order valence-electron chi connectivity index (χ1n) is 10.5. The van der Waals surface area contributed by atoms with E-state index in [1.807, 2.05) is 38.1 Å². The summed E-state index contributed by atoms with van der Waals surface area (Å²) in [5.74, 6) is 0.245. The fourth-order valence-corrected chi connectivity index (χ4v) is 4.40. The summed E-state index contributed by atoms with van der Waals surface area (Å²) in [6.45, 7) is 3.75. The van der Waals surface area contributed by atoms with Crippen molar-refractivity contribution in [2.45, 2.75) is 57.2 Å². The summed E-state index contributed by atoms with van der Waals surface area (Å²) in [6, 6.07) is 6.83. The van der Waals surface area contributed by atoms with Gasteiger partial charge in [0, 0.05) is 10.9 Å². The molecule has 2 atom stereocenters. The number of aromatic nitrogens is 2. The highest BCUT2D eigenvalue weighted by atomic mass is 79.9. The Morgan fingerprint density at radius 2 is 2.03 bits per heavy atom. The quantitative estimate of drug-likeness (QED) is 0.649. The van der Waals surface area contributed by atoms with Crippen molar-refractivity contribution >= 4 is 27.9 Å². The lowest BCUT2D eigenvalue weighted by atomic mass is 9.77. The molecule has 2 amide bonds. The molecule has 2 aliphatic rings. The van der Waals surface area contributed by atoms with Gasteiger partial charge < -0.3 is 15.0 Å². The van der Waals surface area contributed by atoms with Gasteiger partial charge in [0.2, 0.25) is 0 Å². The van der Waals surface area contributed by atoms with Crippen LogP contribution >= 0.6 is 15.9 Å². The van der Waals surface area contributed by atoms with Crippen molar-refractivity contribution in [1.82, 2.24) is 20.3 Å². The lowest BCUT2D eigenvalue weighted by Gasteiger charge is -2.37. The summed E-state index contributed by atoms with van der Waals surface area (Å²) < 4.78 is 5.71. The van der Waals surface area contributed by atoms with Crippen LogP contribution in [0.2, 0.25) is 0 Å². The number of nitrogens with zero attached hydrogens (tertiary/aromatic N) is 2. The van der Waals surface area contributed by atoms with Crippen LogP contribution in [0.4, 0.5) is 4.79 Å². The molecule has 1 aliphatic heterocycles. The van der Waals surface area contributed by atoms with Crippen LogP contribution in [0, 0.1) is 5.92 Å². The number of H-pyrrole nitrogens is 1. The number of aromatic amines is 1. The Labute approximate surface area is 189 Å². The Bertz CT molecular complexity index is 955. The van der Waals surface area contributed by atoms with Gasteiger partial charge in [-0.15, -0.1) is 0 Å². The first-order valence-corrected chi connectivity index (χ1v) is 11.3. The van der Waals surface area contributed by atoms with Crippen molar-refractivity contribution in [3.8, 4) is 11.3 Å². The number of carbonyl (C=O) groups is 2. The molecule has 1 spiro atoms. The maximum Gasteiger partial charge on any atom is 0.407 e. The van der Waals surface area contributed by atoms with Crippen LogP contribution in [0.1, 0.15) is 51.4 Å². The first-order chi connectivity index (χ1) is 14.8. The number of nitrogens with one attached hydrogen (secondary N) is 2. The maximum atomic E-state index is 13.4. The molecule has 0 unspecified atom stereocenters. The molecule has 2 N–H and O–H groups in total. The van der Waals surface area contributed by atoms with E-state index < -0.39 is 12.1 Å². The van der Waals surface area contributed by atoms with E-state index in [1.54, 1.807) is 6.20 Å². The van der Waals surface area contributed by atoms with Crippen LogP contribution < -0.4 is 5.32 Å². The van der Waals surface area contributed by atoms with Crippen LogP contribution in [0.3, 0.4) is 0 Å². The monoisotopic (exact) mass is 490 g/mol. The Hall–Kier alpha value is -2.39. The Morgan fingerprint density at radius 1 is 1.32 bits per heavy atom. The van der Waals surface area contributed by atoms with E-state index in [2.05, 4.69) is 31.2 Å². The summed E-state index contributed by atoms with van der Waals surface area (Å²) in [5.41, 5.74) is 1.54. The molecule has 1 saturated heterocycles. The molecule has 4 rings (SSSR count). The smallest absolute Gasteiger partial charge is 0.407 e. The number of hydrogen-bond donors (Lipinski definition) is 2. The molecule has 2 aromatic rings. The van der Waals surface area contributed by atoms with Gasteiger partial charge in [-0.05, 0) is 42.9 Å². The molecule has 1 aliphatic carbocycles. The standard InChI is InChI=1S/C22H27BrN4O4/c1-13(2)18(26-21(29)30-3)20(28)27-17(11-22(31-27)9-4-10-22)19-24-12-16(25-19)14-5-7-15(23)8-6-14/h5-8,12-13,17-18H,4,9-11H2,1-3H3,(H,24,25)(H,26,29)/t17-,18-/m0/s1. The number of rotatable bonds is 5. The largest absolute Gasteiger partial charge is 0.453 e.